The third-order valence-electron chi connectivity index (χ3n) is 2.52. The number of unbranched alkanes of at least 4 members (excludes halogenated alkanes) is 1. The molecule has 0 aromatic carbocycles. The van der Waals surface area contributed by atoms with Gasteiger partial charge in [0.25, 0.3) is 0 Å². The van der Waals surface area contributed by atoms with Gasteiger partial charge in [-0.15, -0.1) is 0 Å². The lowest BCUT2D eigenvalue weighted by Gasteiger charge is -2.07. The van der Waals surface area contributed by atoms with Crippen LogP contribution in [-0.2, 0) is 14.3 Å². The normalized spacial score (nSPS) is 12.1. The van der Waals surface area contributed by atoms with E-state index in [0.29, 0.717) is 19.6 Å². The van der Waals surface area contributed by atoms with Crippen LogP contribution in [0.4, 0.5) is 0 Å². The quantitative estimate of drug-likeness (QED) is 0.436. The molecule has 1 atom stereocenters. The molecule has 0 aromatic rings. The average Bonchev–Trinajstić information content (AvgIpc) is 2.42. The van der Waals surface area contributed by atoms with Crippen LogP contribution >= 0.6 is 11.8 Å². The monoisotopic (exact) mass is 306 g/mol. The van der Waals surface area contributed by atoms with Crippen molar-refractivity contribution in [3.05, 3.63) is 0 Å². The van der Waals surface area contributed by atoms with Crippen molar-refractivity contribution < 1.29 is 19.4 Å². The number of carbonyl (C=O) groups is 2. The summed E-state index contributed by atoms with van der Waals surface area (Å²) in [4.78, 5) is 21.7. The Balaban J connectivity index is 3.21. The highest BCUT2D eigenvalue weighted by molar-refractivity contribution is 7.99. The molecule has 0 aliphatic rings. The molecule has 0 unspecified atom stereocenters. The second-order valence-electron chi connectivity index (χ2n) is 4.44. The van der Waals surface area contributed by atoms with Gasteiger partial charge in [0.15, 0.2) is 0 Å². The molecule has 0 aromatic heterocycles. The number of ether oxygens (including phenoxy) is 1. The van der Waals surface area contributed by atoms with Crippen molar-refractivity contribution in [3.63, 3.8) is 0 Å². The second kappa shape index (κ2) is 13.2. The largest absolute Gasteiger partial charge is 0.480 e. The van der Waals surface area contributed by atoms with Gasteiger partial charge in [0, 0.05) is 25.3 Å². The first kappa shape index (κ1) is 19.2. The minimum absolute atomic E-state index is 0.0491. The third-order valence-corrected chi connectivity index (χ3v) is 3.59. The fraction of sp³-hybridized carbons (Fsp3) is 0.846. The van der Waals surface area contributed by atoms with Crippen molar-refractivity contribution in [3.8, 4) is 0 Å². The molecule has 0 saturated heterocycles. The standard InChI is InChI=1S/C13H26N2O4S/c1-2-3-5-12(16)15-6-9-20-8-4-7-19-10-11(14)13(17)18/h11H,2-10,14H2,1H3,(H,15,16)(H,17,18)/t11-/m0/s1. The molecule has 0 fully saturated rings. The number of rotatable bonds is 13. The second-order valence-corrected chi connectivity index (χ2v) is 5.66. The first-order valence-corrected chi connectivity index (χ1v) is 8.14. The van der Waals surface area contributed by atoms with Gasteiger partial charge in [-0.2, -0.15) is 11.8 Å². The molecule has 0 bridgehead atoms. The van der Waals surface area contributed by atoms with Crippen LogP contribution in [0.2, 0.25) is 0 Å². The first-order valence-electron chi connectivity index (χ1n) is 6.98. The number of hydrogen-bond donors (Lipinski definition) is 3. The summed E-state index contributed by atoms with van der Waals surface area (Å²) in [5.41, 5.74) is 5.29. The summed E-state index contributed by atoms with van der Waals surface area (Å²) in [6, 6.07) is -0.944. The Morgan fingerprint density at radius 1 is 1.35 bits per heavy atom. The maximum atomic E-state index is 11.3. The van der Waals surface area contributed by atoms with Gasteiger partial charge in [-0.1, -0.05) is 13.3 Å². The van der Waals surface area contributed by atoms with Crippen LogP contribution in [0.1, 0.15) is 32.6 Å². The Morgan fingerprint density at radius 2 is 2.10 bits per heavy atom. The van der Waals surface area contributed by atoms with Crippen LogP contribution in [0.3, 0.4) is 0 Å². The van der Waals surface area contributed by atoms with Gasteiger partial charge in [0.05, 0.1) is 6.61 Å². The molecule has 7 heteroatoms. The van der Waals surface area contributed by atoms with Gasteiger partial charge >= 0.3 is 5.97 Å². The van der Waals surface area contributed by atoms with Crippen LogP contribution in [0, 0.1) is 0 Å². The molecule has 0 saturated carbocycles. The zero-order valence-electron chi connectivity index (χ0n) is 12.1. The van der Waals surface area contributed by atoms with Crippen LogP contribution in [-0.4, -0.2) is 54.3 Å². The van der Waals surface area contributed by atoms with Crippen molar-refractivity contribution in [2.75, 3.05) is 31.3 Å². The van der Waals surface area contributed by atoms with E-state index >= 15 is 0 Å². The molecule has 20 heavy (non-hydrogen) atoms. The van der Waals surface area contributed by atoms with Crippen molar-refractivity contribution in [1.29, 1.82) is 0 Å². The van der Waals surface area contributed by atoms with Crippen LogP contribution < -0.4 is 11.1 Å². The highest BCUT2D eigenvalue weighted by Gasteiger charge is 2.10. The molecule has 4 N–H and O–H groups in total. The molecular weight excluding hydrogens is 280 g/mol. The molecule has 118 valence electrons. The summed E-state index contributed by atoms with van der Waals surface area (Å²) < 4.78 is 5.16. The minimum atomic E-state index is -1.04. The number of nitrogens with one attached hydrogen (secondary N) is 1. The zero-order valence-corrected chi connectivity index (χ0v) is 12.9. The maximum Gasteiger partial charge on any atom is 0.322 e. The summed E-state index contributed by atoms with van der Waals surface area (Å²) in [6.45, 7) is 3.32. The van der Waals surface area contributed by atoms with E-state index in [-0.39, 0.29) is 12.5 Å². The Kier molecular flexibility index (Phi) is 12.7. The molecule has 0 aliphatic carbocycles. The predicted octanol–water partition coefficient (Wildman–Crippen LogP) is 0.845. The van der Waals surface area contributed by atoms with Gasteiger partial charge in [-0.25, -0.2) is 0 Å². The summed E-state index contributed by atoms with van der Waals surface area (Å²) in [5.74, 6) is 0.885. The molecule has 0 aliphatic heterocycles. The van der Waals surface area contributed by atoms with Crippen molar-refractivity contribution in [1.82, 2.24) is 5.32 Å². The van der Waals surface area contributed by atoms with E-state index in [1.807, 2.05) is 0 Å². The van der Waals surface area contributed by atoms with Crippen molar-refractivity contribution >= 4 is 23.6 Å². The number of nitrogens with two attached hydrogens (primary N) is 1. The lowest BCUT2D eigenvalue weighted by molar-refractivity contribution is -0.140. The number of hydrogen-bond acceptors (Lipinski definition) is 5. The molecule has 0 radical (unpaired) electrons. The summed E-state index contributed by atoms with van der Waals surface area (Å²) in [6.07, 6.45) is 3.43. The molecule has 0 heterocycles. The summed E-state index contributed by atoms with van der Waals surface area (Å²) >= 11 is 1.74. The SMILES string of the molecule is CCCCC(=O)NCCSCCCOC[C@H](N)C(=O)O. The van der Waals surface area contributed by atoms with Gasteiger partial charge in [-0.05, 0) is 18.6 Å². The lowest BCUT2D eigenvalue weighted by Crippen LogP contribution is -2.35. The first-order chi connectivity index (χ1) is 9.57. The summed E-state index contributed by atoms with van der Waals surface area (Å²) in [5, 5.41) is 11.4. The Bertz CT molecular complexity index is 277. The van der Waals surface area contributed by atoms with E-state index < -0.39 is 12.0 Å². The Labute approximate surface area is 124 Å². The van der Waals surface area contributed by atoms with E-state index in [1.165, 1.54) is 0 Å². The highest BCUT2D eigenvalue weighted by atomic mass is 32.2. The van der Waals surface area contributed by atoms with E-state index in [9.17, 15) is 9.59 Å². The molecule has 1 amide bonds. The minimum Gasteiger partial charge on any atom is -0.480 e. The lowest BCUT2D eigenvalue weighted by atomic mass is 10.2. The van der Waals surface area contributed by atoms with Crippen molar-refractivity contribution in [2.24, 2.45) is 5.73 Å². The topological polar surface area (TPSA) is 102 Å². The number of thioether (sulfide) groups is 1. The number of carboxylic acids is 1. The van der Waals surface area contributed by atoms with Gasteiger partial charge in [-0.3, -0.25) is 9.59 Å². The smallest absolute Gasteiger partial charge is 0.322 e. The van der Waals surface area contributed by atoms with Crippen LogP contribution in [0.15, 0.2) is 0 Å². The van der Waals surface area contributed by atoms with Gasteiger partial charge < -0.3 is 20.9 Å². The van der Waals surface area contributed by atoms with Crippen LogP contribution in [0.5, 0.6) is 0 Å². The average molecular weight is 306 g/mol. The third kappa shape index (κ3) is 12.3. The molecule has 6 nitrogen and oxygen atoms in total. The van der Waals surface area contributed by atoms with Crippen LogP contribution in [0.25, 0.3) is 0 Å². The van der Waals surface area contributed by atoms with Crippen molar-refractivity contribution in [2.45, 2.75) is 38.6 Å². The summed E-state index contributed by atoms with van der Waals surface area (Å²) in [7, 11) is 0. The Hall–Kier alpha value is -0.790. The molecular formula is C13H26N2O4S. The Morgan fingerprint density at radius 3 is 2.75 bits per heavy atom. The number of aliphatic carboxylic acids is 1. The zero-order chi connectivity index (χ0) is 15.2. The fourth-order valence-electron chi connectivity index (χ4n) is 1.34. The highest BCUT2D eigenvalue weighted by Crippen LogP contribution is 2.02. The van der Waals surface area contributed by atoms with E-state index in [2.05, 4.69) is 12.2 Å². The molecule has 0 spiro atoms. The van der Waals surface area contributed by atoms with Gasteiger partial charge in [0.2, 0.25) is 5.91 Å². The van der Waals surface area contributed by atoms with E-state index in [4.69, 9.17) is 15.6 Å². The van der Waals surface area contributed by atoms with E-state index in [0.717, 1.165) is 30.8 Å². The van der Waals surface area contributed by atoms with E-state index in [1.54, 1.807) is 11.8 Å². The molecule has 0 rings (SSSR count). The predicted molar refractivity (Wildman–Crippen MR) is 80.9 cm³/mol. The number of carbonyl (C=O) groups excluding carboxylic acids is 1. The fourth-order valence-corrected chi connectivity index (χ4v) is 2.11. The number of amides is 1. The maximum absolute atomic E-state index is 11.3. The number of carboxylic acid groups (broad SMARTS) is 1. The van der Waals surface area contributed by atoms with Gasteiger partial charge in [0.1, 0.15) is 6.04 Å².